The molecule has 0 saturated carbocycles. The molecule has 1 atom stereocenters. The van der Waals surface area contributed by atoms with Crippen LogP contribution in [-0.4, -0.2) is 25.3 Å². The van der Waals surface area contributed by atoms with Gasteiger partial charge in [0.2, 0.25) is 0 Å². The van der Waals surface area contributed by atoms with Crippen molar-refractivity contribution in [3.8, 4) is 0 Å². The average molecular weight is 234 g/mol. The molecule has 4 heteroatoms. The zero-order valence-electron chi connectivity index (χ0n) is 10.3. The van der Waals surface area contributed by atoms with Crippen molar-refractivity contribution < 1.29 is 9.53 Å². The number of anilines is 1. The molecule has 92 valence electrons. The predicted octanol–water partition coefficient (Wildman–Crippen LogP) is 1.98. The summed E-state index contributed by atoms with van der Waals surface area (Å²) in [5.41, 5.74) is 8.86. The van der Waals surface area contributed by atoms with Gasteiger partial charge in [0.15, 0.2) is 0 Å². The quantitative estimate of drug-likeness (QED) is 0.851. The molecule has 1 heterocycles. The molecule has 0 spiro atoms. The van der Waals surface area contributed by atoms with Crippen molar-refractivity contribution in [2.75, 3.05) is 18.1 Å². The van der Waals surface area contributed by atoms with Crippen LogP contribution in [0, 0.1) is 13.8 Å². The molecule has 1 aliphatic heterocycles. The highest BCUT2D eigenvalue weighted by molar-refractivity contribution is 5.89. The Morgan fingerprint density at radius 2 is 2.00 bits per heavy atom. The Balaban J connectivity index is 2.37. The first-order valence-electron chi connectivity index (χ1n) is 5.86. The number of hydrogen-bond donors (Lipinski definition) is 1. The molecule has 0 radical (unpaired) electrons. The summed E-state index contributed by atoms with van der Waals surface area (Å²) in [5.74, 6) is 0. The number of amides is 1. The van der Waals surface area contributed by atoms with Crippen molar-refractivity contribution in [2.45, 2.75) is 26.3 Å². The first kappa shape index (κ1) is 11.9. The Morgan fingerprint density at radius 1 is 1.35 bits per heavy atom. The highest BCUT2D eigenvalue weighted by atomic mass is 16.6. The standard InChI is InChI=1S/C13H18N2O2/c1-9-5-10(2)7-12(6-9)15-11(8-14)3-4-17-13(15)16/h5-7,11H,3-4,8,14H2,1-2H3. The van der Waals surface area contributed by atoms with E-state index in [1.807, 2.05) is 26.0 Å². The molecule has 1 aliphatic rings. The van der Waals surface area contributed by atoms with Crippen molar-refractivity contribution in [3.63, 3.8) is 0 Å². The Labute approximate surface area is 101 Å². The Hall–Kier alpha value is -1.55. The summed E-state index contributed by atoms with van der Waals surface area (Å²) >= 11 is 0. The van der Waals surface area contributed by atoms with Gasteiger partial charge >= 0.3 is 6.09 Å². The van der Waals surface area contributed by atoms with Crippen molar-refractivity contribution in [3.05, 3.63) is 29.3 Å². The number of nitrogens with two attached hydrogens (primary N) is 1. The van der Waals surface area contributed by atoms with Gasteiger partial charge in [-0.25, -0.2) is 4.79 Å². The maximum absolute atomic E-state index is 11.8. The molecule has 1 saturated heterocycles. The molecule has 17 heavy (non-hydrogen) atoms. The molecule has 1 fully saturated rings. The van der Waals surface area contributed by atoms with Crippen LogP contribution in [0.3, 0.4) is 0 Å². The first-order chi connectivity index (χ1) is 8.11. The lowest BCUT2D eigenvalue weighted by atomic mass is 10.1. The summed E-state index contributed by atoms with van der Waals surface area (Å²) in [6, 6.07) is 6.10. The number of hydrogen-bond acceptors (Lipinski definition) is 3. The van der Waals surface area contributed by atoms with Crippen LogP contribution in [0.4, 0.5) is 10.5 Å². The smallest absolute Gasteiger partial charge is 0.414 e. The van der Waals surface area contributed by atoms with E-state index in [0.717, 1.165) is 23.2 Å². The summed E-state index contributed by atoms with van der Waals surface area (Å²) < 4.78 is 5.09. The maximum Gasteiger partial charge on any atom is 0.414 e. The predicted molar refractivity (Wildman–Crippen MR) is 67.2 cm³/mol. The number of rotatable bonds is 2. The molecule has 1 amide bonds. The van der Waals surface area contributed by atoms with Crippen LogP contribution in [0.25, 0.3) is 0 Å². The van der Waals surface area contributed by atoms with Crippen molar-refractivity contribution >= 4 is 11.8 Å². The molecule has 0 bridgehead atoms. The van der Waals surface area contributed by atoms with Gasteiger partial charge in [-0.3, -0.25) is 4.90 Å². The molecule has 0 aliphatic carbocycles. The molecule has 1 unspecified atom stereocenters. The SMILES string of the molecule is Cc1cc(C)cc(N2C(=O)OCCC2CN)c1. The van der Waals surface area contributed by atoms with Crippen LogP contribution >= 0.6 is 0 Å². The van der Waals surface area contributed by atoms with E-state index in [-0.39, 0.29) is 12.1 Å². The molecule has 2 N–H and O–H groups in total. The monoisotopic (exact) mass is 234 g/mol. The lowest BCUT2D eigenvalue weighted by molar-refractivity contribution is 0.130. The largest absolute Gasteiger partial charge is 0.449 e. The second-order valence-electron chi connectivity index (χ2n) is 4.51. The van der Waals surface area contributed by atoms with Gasteiger partial charge in [0.1, 0.15) is 0 Å². The number of aryl methyl sites for hydroxylation is 2. The number of nitrogens with zero attached hydrogens (tertiary/aromatic N) is 1. The van der Waals surface area contributed by atoms with Gasteiger partial charge in [0, 0.05) is 18.7 Å². The van der Waals surface area contributed by atoms with E-state index in [1.165, 1.54) is 0 Å². The minimum absolute atomic E-state index is 0.0393. The van der Waals surface area contributed by atoms with Gasteiger partial charge in [0.25, 0.3) is 0 Å². The molecule has 0 aromatic heterocycles. The van der Waals surface area contributed by atoms with Crippen LogP contribution in [0.2, 0.25) is 0 Å². The second-order valence-corrected chi connectivity index (χ2v) is 4.51. The van der Waals surface area contributed by atoms with Crippen molar-refractivity contribution in [2.24, 2.45) is 5.73 Å². The van der Waals surface area contributed by atoms with Gasteiger partial charge in [0.05, 0.1) is 12.6 Å². The second kappa shape index (κ2) is 4.75. The third kappa shape index (κ3) is 2.42. The zero-order valence-corrected chi connectivity index (χ0v) is 10.3. The molecule has 1 aromatic carbocycles. The number of ether oxygens (including phenoxy) is 1. The topological polar surface area (TPSA) is 55.6 Å². The molecule has 2 rings (SSSR count). The number of benzene rings is 1. The van der Waals surface area contributed by atoms with Crippen molar-refractivity contribution in [1.29, 1.82) is 0 Å². The van der Waals surface area contributed by atoms with Crippen LogP contribution in [0.5, 0.6) is 0 Å². The van der Waals surface area contributed by atoms with E-state index in [9.17, 15) is 4.79 Å². The Morgan fingerprint density at radius 3 is 2.59 bits per heavy atom. The Kier molecular flexibility index (Phi) is 3.33. The van der Waals surface area contributed by atoms with Gasteiger partial charge in [-0.15, -0.1) is 0 Å². The summed E-state index contributed by atoms with van der Waals surface area (Å²) in [4.78, 5) is 13.5. The highest BCUT2D eigenvalue weighted by Gasteiger charge is 2.30. The third-order valence-electron chi connectivity index (χ3n) is 3.00. The van der Waals surface area contributed by atoms with Gasteiger partial charge in [-0.2, -0.15) is 0 Å². The number of carbonyl (C=O) groups is 1. The Bertz CT molecular complexity index is 411. The minimum Gasteiger partial charge on any atom is -0.449 e. The highest BCUT2D eigenvalue weighted by Crippen LogP contribution is 2.25. The first-order valence-corrected chi connectivity index (χ1v) is 5.86. The van der Waals surface area contributed by atoms with E-state index in [1.54, 1.807) is 4.90 Å². The van der Waals surface area contributed by atoms with E-state index in [2.05, 4.69) is 6.07 Å². The summed E-state index contributed by atoms with van der Waals surface area (Å²) in [5, 5.41) is 0. The van der Waals surface area contributed by atoms with Gasteiger partial charge in [-0.1, -0.05) is 6.07 Å². The maximum atomic E-state index is 11.8. The van der Waals surface area contributed by atoms with Crippen LogP contribution in [-0.2, 0) is 4.74 Å². The molecule has 4 nitrogen and oxygen atoms in total. The fraction of sp³-hybridized carbons (Fsp3) is 0.462. The molecule has 1 aromatic rings. The third-order valence-corrected chi connectivity index (χ3v) is 3.00. The van der Waals surface area contributed by atoms with Gasteiger partial charge in [-0.05, 0) is 37.1 Å². The minimum atomic E-state index is -0.295. The van der Waals surface area contributed by atoms with E-state index in [4.69, 9.17) is 10.5 Å². The summed E-state index contributed by atoms with van der Waals surface area (Å²) in [7, 11) is 0. The van der Waals surface area contributed by atoms with E-state index < -0.39 is 0 Å². The summed E-state index contributed by atoms with van der Waals surface area (Å²) in [6.07, 6.45) is 0.492. The summed E-state index contributed by atoms with van der Waals surface area (Å²) in [6.45, 7) is 4.95. The van der Waals surface area contributed by atoms with Crippen LogP contribution in [0.1, 0.15) is 17.5 Å². The lowest BCUT2D eigenvalue weighted by Gasteiger charge is -2.34. The molecular formula is C13H18N2O2. The van der Waals surface area contributed by atoms with Gasteiger partial charge < -0.3 is 10.5 Å². The van der Waals surface area contributed by atoms with Crippen LogP contribution in [0.15, 0.2) is 18.2 Å². The molecular weight excluding hydrogens is 216 g/mol. The number of cyclic esters (lactones) is 1. The normalized spacial score (nSPS) is 20.3. The zero-order chi connectivity index (χ0) is 12.4. The fourth-order valence-electron chi connectivity index (χ4n) is 2.26. The van der Waals surface area contributed by atoms with Crippen molar-refractivity contribution in [1.82, 2.24) is 0 Å². The fourth-order valence-corrected chi connectivity index (χ4v) is 2.26. The average Bonchev–Trinajstić information content (AvgIpc) is 2.27. The lowest BCUT2D eigenvalue weighted by Crippen LogP contribution is -2.49. The van der Waals surface area contributed by atoms with E-state index >= 15 is 0 Å². The van der Waals surface area contributed by atoms with E-state index in [0.29, 0.717) is 13.2 Å². The van der Waals surface area contributed by atoms with Crippen LogP contribution < -0.4 is 10.6 Å². The number of carbonyl (C=O) groups excluding carboxylic acids is 1.